The van der Waals surface area contributed by atoms with E-state index in [4.69, 9.17) is 4.74 Å². The van der Waals surface area contributed by atoms with Crippen molar-refractivity contribution in [2.24, 2.45) is 0 Å². The first-order chi connectivity index (χ1) is 9.97. The number of nitro benzene ring substituents is 1. The SMILES string of the molecule is Cc1ccc(C)c(C(=O)OCc2cccc([N+](=O)[O-])c2)c1. The summed E-state index contributed by atoms with van der Waals surface area (Å²) in [7, 11) is 0. The van der Waals surface area contributed by atoms with Gasteiger partial charge < -0.3 is 4.74 Å². The zero-order valence-electron chi connectivity index (χ0n) is 11.8. The molecule has 5 nitrogen and oxygen atoms in total. The van der Waals surface area contributed by atoms with Crippen LogP contribution in [0.4, 0.5) is 5.69 Å². The summed E-state index contributed by atoms with van der Waals surface area (Å²) < 4.78 is 5.22. The molecule has 0 radical (unpaired) electrons. The topological polar surface area (TPSA) is 69.4 Å². The fraction of sp³-hybridized carbons (Fsp3) is 0.188. The summed E-state index contributed by atoms with van der Waals surface area (Å²) in [5.41, 5.74) is 2.89. The minimum atomic E-state index is -0.476. The van der Waals surface area contributed by atoms with E-state index in [9.17, 15) is 14.9 Å². The van der Waals surface area contributed by atoms with Gasteiger partial charge in [-0.05, 0) is 31.0 Å². The van der Waals surface area contributed by atoms with Crippen molar-refractivity contribution in [3.63, 3.8) is 0 Å². The van der Waals surface area contributed by atoms with Gasteiger partial charge in [-0.3, -0.25) is 10.1 Å². The van der Waals surface area contributed by atoms with E-state index in [1.807, 2.05) is 26.0 Å². The van der Waals surface area contributed by atoms with Gasteiger partial charge in [-0.25, -0.2) is 4.79 Å². The summed E-state index contributed by atoms with van der Waals surface area (Å²) >= 11 is 0. The number of non-ortho nitro benzene ring substituents is 1. The average Bonchev–Trinajstić information content (AvgIpc) is 2.47. The normalized spacial score (nSPS) is 10.2. The summed E-state index contributed by atoms with van der Waals surface area (Å²) in [5.74, 6) is -0.428. The van der Waals surface area contributed by atoms with Crippen molar-refractivity contribution in [3.05, 3.63) is 74.8 Å². The van der Waals surface area contributed by atoms with Gasteiger partial charge in [-0.1, -0.05) is 29.8 Å². The van der Waals surface area contributed by atoms with Crippen molar-refractivity contribution < 1.29 is 14.5 Å². The molecule has 0 N–H and O–H groups in total. The quantitative estimate of drug-likeness (QED) is 0.489. The molecule has 5 heteroatoms. The number of nitro groups is 1. The number of nitrogens with zero attached hydrogens (tertiary/aromatic N) is 1. The Hall–Kier alpha value is -2.69. The van der Waals surface area contributed by atoms with Crippen LogP contribution in [0.5, 0.6) is 0 Å². The second-order valence-electron chi connectivity index (χ2n) is 4.82. The molecule has 21 heavy (non-hydrogen) atoms. The van der Waals surface area contributed by atoms with Gasteiger partial charge in [0.05, 0.1) is 10.5 Å². The van der Waals surface area contributed by atoms with Gasteiger partial charge in [0.15, 0.2) is 0 Å². The molecule has 0 atom stereocenters. The van der Waals surface area contributed by atoms with E-state index in [2.05, 4.69) is 0 Å². The lowest BCUT2D eigenvalue weighted by Gasteiger charge is -2.08. The molecule has 0 aliphatic carbocycles. The predicted octanol–water partition coefficient (Wildman–Crippen LogP) is 3.57. The Balaban J connectivity index is 2.09. The van der Waals surface area contributed by atoms with E-state index in [-0.39, 0.29) is 12.3 Å². The fourth-order valence-electron chi connectivity index (χ4n) is 1.94. The molecule has 0 heterocycles. The van der Waals surface area contributed by atoms with Crippen LogP contribution in [0.1, 0.15) is 27.0 Å². The van der Waals surface area contributed by atoms with Crippen molar-refractivity contribution in [1.29, 1.82) is 0 Å². The first-order valence-electron chi connectivity index (χ1n) is 6.45. The number of ether oxygens (including phenoxy) is 1. The van der Waals surface area contributed by atoms with Crippen molar-refractivity contribution in [2.75, 3.05) is 0 Å². The number of benzene rings is 2. The first-order valence-corrected chi connectivity index (χ1v) is 6.45. The van der Waals surface area contributed by atoms with E-state index in [0.717, 1.165) is 11.1 Å². The van der Waals surface area contributed by atoms with Crippen LogP contribution in [0.15, 0.2) is 42.5 Å². The number of aryl methyl sites for hydroxylation is 2. The van der Waals surface area contributed by atoms with E-state index in [0.29, 0.717) is 11.1 Å². The van der Waals surface area contributed by atoms with Crippen LogP contribution < -0.4 is 0 Å². The number of rotatable bonds is 4. The lowest BCUT2D eigenvalue weighted by molar-refractivity contribution is -0.384. The van der Waals surface area contributed by atoms with Crippen LogP contribution in [-0.4, -0.2) is 10.9 Å². The van der Waals surface area contributed by atoms with Crippen LogP contribution in [0.25, 0.3) is 0 Å². The highest BCUT2D eigenvalue weighted by Crippen LogP contribution is 2.16. The average molecular weight is 285 g/mol. The van der Waals surface area contributed by atoms with E-state index in [1.165, 1.54) is 12.1 Å². The molecule has 0 amide bonds. The molecule has 0 spiro atoms. The molecule has 2 aromatic carbocycles. The van der Waals surface area contributed by atoms with Gasteiger partial charge in [0, 0.05) is 12.1 Å². The summed E-state index contributed by atoms with van der Waals surface area (Å²) in [4.78, 5) is 22.3. The summed E-state index contributed by atoms with van der Waals surface area (Å²) in [5, 5.41) is 10.7. The molecule has 2 rings (SSSR count). The highest BCUT2D eigenvalue weighted by molar-refractivity contribution is 5.91. The smallest absolute Gasteiger partial charge is 0.338 e. The molecule has 0 bridgehead atoms. The monoisotopic (exact) mass is 285 g/mol. The van der Waals surface area contributed by atoms with Crippen molar-refractivity contribution in [1.82, 2.24) is 0 Å². The van der Waals surface area contributed by atoms with Gasteiger partial charge in [0.25, 0.3) is 5.69 Å². The van der Waals surface area contributed by atoms with E-state index < -0.39 is 10.9 Å². The Bertz CT molecular complexity index is 694. The largest absolute Gasteiger partial charge is 0.457 e. The minimum Gasteiger partial charge on any atom is -0.457 e. The highest BCUT2D eigenvalue weighted by atomic mass is 16.6. The van der Waals surface area contributed by atoms with Crippen molar-refractivity contribution in [3.8, 4) is 0 Å². The maximum Gasteiger partial charge on any atom is 0.338 e. The van der Waals surface area contributed by atoms with Crippen LogP contribution in [0, 0.1) is 24.0 Å². The van der Waals surface area contributed by atoms with Crippen LogP contribution >= 0.6 is 0 Å². The van der Waals surface area contributed by atoms with Crippen LogP contribution in [0.3, 0.4) is 0 Å². The Labute approximate surface area is 122 Å². The lowest BCUT2D eigenvalue weighted by atomic mass is 10.1. The molecular weight excluding hydrogens is 270 g/mol. The Morgan fingerprint density at radius 3 is 2.67 bits per heavy atom. The molecule has 0 aromatic heterocycles. The maximum atomic E-state index is 12.1. The zero-order chi connectivity index (χ0) is 15.4. The maximum absolute atomic E-state index is 12.1. The van der Waals surface area contributed by atoms with Gasteiger partial charge in [-0.15, -0.1) is 0 Å². The lowest BCUT2D eigenvalue weighted by Crippen LogP contribution is -2.07. The molecule has 2 aromatic rings. The number of esters is 1. The Morgan fingerprint density at radius 1 is 1.19 bits per heavy atom. The number of carbonyl (C=O) groups excluding carboxylic acids is 1. The summed E-state index contributed by atoms with van der Waals surface area (Å²) in [6.07, 6.45) is 0. The molecule has 0 aliphatic heterocycles. The van der Waals surface area contributed by atoms with Crippen molar-refractivity contribution in [2.45, 2.75) is 20.5 Å². The molecule has 0 saturated carbocycles. The molecule has 108 valence electrons. The molecular formula is C16H15NO4. The third kappa shape index (κ3) is 3.66. The molecule has 0 unspecified atom stereocenters. The van der Waals surface area contributed by atoms with Gasteiger partial charge in [-0.2, -0.15) is 0 Å². The van der Waals surface area contributed by atoms with E-state index >= 15 is 0 Å². The molecule has 0 saturated heterocycles. The van der Waals surface area contributed by atoms with Crippen molar-refractivity contribution >= 4 is 11.7 Å². The number of hydrogen-bond donors (Lipinski definition) is 0. The minimum absolute atomic E-state index is 0.00783. The summed E-state index contributed by atoms with van der Waals surface area (Å²) in [6, 6.07) is 11.6. The van der Waals surface area contributed by atoms with Gasteiger partial charge in [0.1, 0.15) is 6.61 Å². The summed E-state index contributed by atoms with van der Waals surface area (Å²) in [6.45, 7) is 3.74. The first kappa shape index (κ1) is 14.7. The van der Waals surface area contributed by atoms with Crippen LogP contribution in [-0.2, 0) is 11.3 Å². The second-order valence-corrected chi connectivity index (χ2v) is 4.82. The number of carbonyl (C=O) groups is 1. The van der Waals surface area contributed by atoms with Gasteiger partial charge >= 0.3 is 5.97 Å². The zero-order valence-corrected chi connectivity index (χ0v) is 11.8. The number of hydrogen-bond acceptors (Lipinski definition) is 4. The molecule has 0 aliphatic rings. The van der Waals surface area contributed by atoms with E-state index in [1.54, 1.807) is 18.2 Å². The van der Waals surface area contributed by atoms with Gasteiger partial charge in [0.2, 0.25) is 0 Å². The standard InChI is InChI=1S/C16H15NO4/c1-11-6-7-12(2)15(8-11)16(18)21-10-13-4-3-5-14(9-13)17(19)20/h3-9H,10H2,1-2H3. The third-order valence-electron chi connectivity index (χ3n) is 3.10. The Morgan fingerprint density at radius 2 is 1.95 bits per heavy atom. The molecule has 0 fully saturated rings. The fourth-order valence-corrected chi connectivity index (χ4v) is 1.94. The highest BCUT2D eigenvalue weighted by Gasteiger charge is 2.12. The third-order valence-corrected chi connectivity index (χ3v) is 3.10. The second kappa shape index (κ2) is 6.17. The Kier molecular flexibility index (Phi) is 4.33. The van der Waals surface area contributed by atoms with Crippen LogP contribution in [0.2, 0.25) is 0 Å². The predicted molar refractivity (Wildman–Crippen MR) is 78.1 cm³/mol.